The van der Waals surface area contributed by atoms with Crippen LogP contribution in [0, 0.1) is 0 Å². The minimum Gasteiger partial charge on any atom is -0.496 e. The van der Waals surface area contributed by atoms with Gasteiger partial charge < -0.3 is 9.64 Å². The Morgan fingerprint density at radius 2 is 1.71 bits per heavy atom. The van der Waals surface area contributed by atoms with Gasteiger partial charge in [-0.05, 0) is 41.8 Å². The number of hydrogen-bond donors (Lipinski definition) is 0. The molecule has 2 aromatic carbocycles. The minimum absolute atomic E-state index is 0.167. The smallest absolute Gasteiger partial charge is 0.254 e. The maximum absolute atomic E-state index is 13.2. The molecular weight excluding hydrogens is 394 g/mol. The largest absolute Gasteiger partial charge is 0.496 e. The van der Waals surface area contributed by atoms with Crippen molar-refractivity contribution >= 4 is 27.1 Å². The van der Waals surface area contributed by atoms with Crippen LogP contribution in [0.1, 0.15) is 20.8 Å². The van der Waals surface area contributed by atoms with Crippen LogP contribution in [-0.2, 0) is 22.9 Å². The molecule has 3 rings (SSSR count). The average molecular weight is 416 g/mol. The zero-order valence-electron chi connectivity index (χ0n) is 15.7. The molecule has 7 heteroatoms. The summed E-state index contributed by atoms with van der Waals surface area (Å²) in [6, 6.07) is 17.6. The number of sulfone groups is 1. The summed E-state index contributed by atoms with van der Waals surface area (Å²) in [5.74, 6) is 0.554. The molecule has 0 bridgehead atoms. The van der Waals surface area contributed by atoms with Crippen LogP contribution in [-0.4, -0.2) is 32.6 Å². The van der Waals surface area contributed by atoms with E-state index in [2.05, 4.69) is 0 Å². The SMILES string of the molecule is COc1ccccc1CN(Cc1cccs1)C(=O)c1ccc(S(C)(=O)=O)cc1. The minimum atomic E-state index is -3.30. The Bertz CT molecular complexity index is 1040. The summed E-state index contributed by atoms with van der Waals surface area (Å²) < 4.78 is 28.7. The molecule has 1 amide bonds. The number of carbonyl (C=O) groups is 1. The van der Waals surface area contributed by atoms with Gasteiger partial charge in [-0.2, -0.15) is 0 Å². The second-order valence-electron chi connectivity index (χ2n) is 6.35. The van der Waals surface area contributed by atoms with Crippen LogP contribution < -0.4 is 4.74 Å². The molecule has 0 atom stereocenters. The van der Waals surface area contributed by atoms with Crippen molar-refractivity contribution in [2.75, 3.05) is 13.4 Å². The van der Waals surface area contributed by atoms with E-state index < -0.39 is 9.84 Å². The zero-order chi connectivity index (χ0) is 20.1. The standard InChI is InChI=1S/C21H21NO4S2/c1-26-20-8-4-3-6-17(20)14-22(15-18-7-5-13-27-18)21(23)16-9-11-19(12-10-16)28(2,24)25/h3-13H,14-15H2,1-2H3. The second-order valence-corrected chi connectivity index (χ2v) is 9.40. The van der Waals surface area contributed by atoms with Crippen LogP contribution in [0.3, 0.4) is 0 Å². The number of ether oxygens (including phenoxy) is 1. The number of para-hydroxylation sites is 1. The molecule has 3 aromatic rings. The van der Waals surface area contributed by atoms with Crippen LogP contribution in [0.25, 0.3) is 0 Å². The lowest BCUT2D eigenvalue weighted by molar-refractivity contribution is 0.0730. The first kappa shape index (κ1) is 20.1. The van der Waals surface area contributed by atoms with E-state index >= 15 is 0 Å². The quantitative estimate of drug-likeness (QED) is 0.585. The Hall–Kier alpha value is -2.64. The van der Waals surface area contributed by atoms with Crippen molar-refractivity contribution in [2.24, 2.45) is 0 Å². The van der Waals surface area contributed by atoms with Gasteiger partial charge in [0.05, 0.1) is 25.1 Å². The molecular formula is C21H21NO4S2. The van der Waals surface area contributed by atoms with E-state index in [1.165, 1.54) is 12.1 Å². The highest BCUT2D eigenvalue weighted by Crippen LogP contribution is 2.23. The van der Waals surface area contributed by atoms with Gasteiger partial charge in [-0.15, -0.1) is 11.3 Å². The molecule has 146 valence electrons. The Balaban J connectivity index is 1.90. The molecule has 0 saturated carbocycles. The number of carbonyl (C=O) groups excluding carboxylic acids is 1. The fourth-order valence-electron chi connectivity index (χ4n) is 2.86. The molecule has 0 unspecified atom stereocenters. The van der Waals surface area contributed by atoms with Crippen LogP contribution in [0.2, 0.25) is 0 Å². The van der Waals surface area contributed by atoms with E-state index in [-0.39, 0.29) is 10.8 Å². The molecule has 0 aliphatic carbocycles. The van der Waals surface area contributed by atoms with E-state index in [1.807, 2.05) is 41.8 Å². The maximum atomic E-state index is 13.2. The lowest BCUT2D eigenvalue weighted by Gasteiger charge is -2.23. The molecule has 1 aromatic heterocycles. The highest BCUT2D eigenvalue weighted by molar-refractivity contribution is 7.90. The summed E-state index contributed by atoms with van der Waals surface area (Å²) in [5.41, 5.74) is 1.35. The number of amides is 1. The summed E-state index contributed by atoms with van der Waals surface area (Å²) in [7, 11) is -1.70. The van der Waals surface area contributed by atoms with Gasteiger partial charge in [-0.3, -0.25) is 4.79 Å². The maximum Gasteiger partial charge on any atom is 0.254 e. The van der Waals surface area contributed by atoms with Gasteiger partial charge in [-0.25, -0.2) is 8.42 Å². The molecule has 5 nitrogen and oxygen atoms in total. The summed E-state index contributed by atoms with van der Waals surface area (Å²) in [5, 5.41) is 1.97. The summed E-state index contributed by atoms with van der Waals surface area (Å²) in [6.07, 6.45) is 1.15. The molecule has 0 spiro atoms. The summed E-state index contributed by atoms with van der Waals surface area (Å²) >= 11 is 1.59. The van der Waals surface area contributed by atoms with Crippen molar-refractivity contribution in [3.63, 3.8) is 0 Å². The van der Waals surface area contributed by atoms with Gasteiger partial charge in [0.1, 0.15) is 5.75 Å². The van der Waals surface area contributed by atoms with Gasteiger partial charge in [-0.1, -0.05) is 24.3 Å². The molecule has 1 heterocycles. The fraction of sp³-hybridized carbons (Fsp3) is 0.190. The van der Waals surface area contributed by atoms with E-state index in [0.717, 1.165) is 22.4 Å². The first-order valence-corrected chi connectivity index (χ1v) is 11.4. The predicted octanol–water partition coefficient (Wildman–Crippen LogP) is 4.00. The van der Waals surface area contributed by atoms with Crippen LogP contribution in [0.5, 0.6) is 5.75 Å². The molecule has 0 fully saturated rings. The predicted molar refractivity (Wildman–Crippen MR) is 110 cm³/mol. The number of rotatable bonds is 7. The summed E-state index contributed by atoms with van der Waals surface area (Å²) in [4.78, 5) is 16.2. The van der Waals surface area contributed by atoms with Gasteiger partial charge in [0, 0.05) is 22.3 Å². The van der Waals surface area contributed by atoms with Crippen molar-refractivity contribution in [1.82, 2.24) is 4.90 Å². The third-order valence-corrected chi connectivity index (χ3v) is 6.29. The monoisotopic (exact) mass is 415 g/mol. The Kier molecular flexibility index (Phi) is 6.16. The topological polar surface area (TPSA) is 63.7 Å². The Morgan fingerprint density at radius 1 is 1.00 bits per heavy atom. The van der Waals surface area contributed by atoms with Crippen molar-refractivity contribution in [1.29, 1.82) is 0 Å². The van der Waals surface area contributed by atoms with Crippen molar-refractivity contribution in [3.05, 3.63) is 82.0 Å². The fourth-order valence-corrected chi connectivity index (χ4v) is 4.21. The molecule has 0 N–H and O–H groups in total. The lowest BCUT2D eigenvalue weighted by atomic mass is 10.1. The van der Waals surface area contributed by atoms with Crippen LogP contribution in [0.4, 0.5) is 0 Å². The molecule has 0 radical (unpaired) electrons. The average Bonchev–Trinajstić information content (AvgIpc) is 3.20. The second kappa shape index (κ2) is 8.58. The molecule has 0 saturated heterocycles. The lowest BCUT2D eigenvalue weighted by Crippen LogP contribution is -2.30. The number of benzene rings is 2. The number of methoxy groups -OCH3 is 1. The number of thiophene rings is 1. The van der Waals surface area contributed by atoms with Gasteiger partial charge >= 0.3 is 0 Å². The van der Waals surface area contributed by atoms with E-state index in [1.54, 1.807) is 35.5 Å². The number of hydrogen-bond acceptors (Lipinski definition) is 5. The summed E-state index contributed by atoms with van der Waals surface area (Å²) in [6.45, 7) is 0.844. The highest BCUT2D eigenvalue weighted by Gasteiger charge is 2.19. The Morgan fingerprint density at radius 3 is 2.32 bits per heavy atom. The first-order chi connectivity index (χ1) is 13.4. The molecule has 28 heavy (non-hydrogen) atoms. The van der Waals surface area contributed by atoms with Gasteiger partial charge in [0.25, 0.3) is 5.91 Å². The third-order valence-electron chi connectivity index (χ3n) is 4.30. The molecule has 0 aliphatic heterocycles. The normalized spacial score (nSPS) is 11.2. The van der Waals surface area contributed by atoms with E-state index in [0.29, 0.717) is 18.7 Å². The highest BCUT2D eigenvalue weighted by atomic mass is 32.2. The first-order valence-electron chi connectivity index (χ1n) is 8.62. The van der Waals surface area contributed by atoms with Gasteiger partial charge in [0.2, 0.25) is 0 Å². The van der Waals surface area contributed by atoms with Crippen molar-refractivity contribution in [3.8, 4) is 5.75 Å². The van der Waals surface area contributed by atoms with Crippen LogP contribution >= 0.6 is 11.3 Å². The van der Waals surface area contributed by atoms with Crippen molar-refractivity contribution in [2.45, 2.75) is 18.0 Å². The molecule has 0 aliphatic rings. The zero-order valence-corrected chi connectivity index (χ0v) is 17.3. The van der Waals surface area contributed by atoms with Crippen molar-refractivity contribution < 1.29 is 17.9 Å². The van der Waals surface area contributed by atoms with E-state index in [4.69, 9.17) is 4.74 Å². The Labute approximate surface area is 169 Å². The third kappa shape index (κ3) is 4.79. The van der Waals surface area contributed by atoms with E-state index in [9.17, 15) is 13.2 Å². The van der Waals surface area contributed by atoms with Gasteiger partial charge in [0.15, 0.2) is 9.84 Å². The van der Waals surface area contributed by atoms with Crippen LogP contribution in [0.15, 0.2) is 70.9 Å². The number of nitrogens with zero attached hydrogens (tertiary/aromatic N) is 1.